The normalized spacial score (nSPS) is 27.0. The predicted molar refractivity (Wildman–Crippen MR) is 117 cm³/mol. The quantitative estimate of drug-likeness (QED) is 0.592. The van der Waals surface area contributed by atoms with Crippen LogP contribution in [0.3, 0.4) is 0 Å². The molecule has 7 heteroatoms. The number of carbonyl (C=O) groups excluding carboxylic acids is 4. The molecule has 5 rings (SSSR count). The van der Waals surface area contributed by atoms with E-state index in [0.717, 1.165) is 12.8 Å². The van der Waals surface area contributed by atoms with Crippen molar-refractivity contribution >= 4 is 34.9 Å². The third-order valence-electron chi connectivity index (χ3n) is 7.05. The van der Waals surface area contributed by atoms with E-state index < -0.39 is 23.7 Å². The molecule has 164 valence electrons. The molecule has 7 nitrogen and oxygen atoms in total. The average Bonchev–Trinajstić information content (AvgIpc) is 3.17. The van der Waals surface area contributed by atoms with E-state index in [1.807, 2.05) is 0 Å². The van der Waals surface area contributed by atoms with Gasteiger partial charge in [-0.2, -0.15) is 0 Å². The summed E-state index contributed by atoms with van der Waals surface area (Å²) in [6.07, 6.45) is 2.88. The number of ketones is 1. The van der Waals surface area contributed by atoms with Crippen molar-refractivity contribution in [2.45, 2.75) is 37.7 Å². The molecule has 3 aliphatic rings. The number of hydrogen-bond donors (Lipinski definition) is 1. The Labute approximate surface area is 185 Å². The molecule has 0 unspecified atom stereocenters. The summed E-state index contributed by atoms with van der Waals surface area (Å²) in [5.41, 5.74) is -0.385. The summed E-state index contributed by atoms with van der Waals surface area (Å²) < 4.78 is 0. The number of carbonyl (C=O) groups is 4. The molecule has 2 aromatic carbocycles. The summed E-state index contributed by atoms with van der Waals surface area (Å²) in [5.74, 6) is -1.96. The Bertz CT molecular complexity index is 1130. The summed E-state index contributed by atoms with van der Waals surface area (Å²) in [4.78, 5) is 54.3. The van der Waals surface area contributed by atoms with Crippen LogP contribution in [-0.2, 0) is 20.0 Å². The van der Waals surface area contributed by atoms with Gasteiger partial charge in [0.2, 0.25) is 11.8 Å². The fourth-order valence-corrected chi connectivity index (χ4v) is 5.36. The lowest BCUT2D eigenvalue weighted by Crippen LogP contribution is -2.40. The first kappa shape index (κ1) is 20.6. The Morgan fingerprint density at radius 3 is 2.34 bits per heavy atom. The van der Waals surface area contributed by atoms with E-state index in [1.54, 1.807) is 49.5 Å². The van der Waals surface area contributed by atoms with Crippen molar-refractivity contribution in [3.05, 3.63) is 59.7 Å². The van der Waals surface area contributed by atoms with Crippen LogP contribution in [0.2, 0.25) is 0 Å². The fraction of sp³-hybridized carbons (Fsp3) is 0.360. The molecule has 2 heterocycles. The van der Waals surface area contributed by atoms with Crippen LogP contribution in [0.4, 0.5) is 11.4 Å². The van der Waals surface area contributed by atoms with Crippen molar-refractivity contribution in [2.24, 2.45) is 11.8 Å². The second kappa shape index (κ2) is 7.38. The molecule has 1 saturated carbocycles. The van der Waals surface area contributed by atoms with Gasteiger partial charge in [0.25, 0.3) is 5.91 Å². The third kappa shape index (κ3) is 2.92. The zero-order valence-corrected chi connectivity index (χ0v) is 17.8. The third-order valence-corrected chi connectivity index (χ3v) is 7.05. The lowest BCUT2D eigenvalue weighted by Gasteiger charge is -2.21. The van der Waals surface area contributed by atoms with Gasteiger partial charge in [-0.3, -0.25) is 24.1 Å². The number of fused-ring (bicyclic) bond motifs is 2. The summed E-state index contributed by atoms with van der Waals surface area (Å²) in [5, 5.41) is 11.2. The van der Waals surface area contributed by atoms with Crippen molar-refractivity contribution in [2.75, 3.05) is 16.8 Å². The molecule has 1 aliphatic carbocycles. The van der Waals surface area contributed by atoms with Crippen LogP contribution in [0.25, 0.3) is 0 Å². The molecule has 0 radical (unpaired) electrons. The summed E-state index contributed by atoms with van der Waals surface area (Å²) in [6, 6.07) is 13.2. The van der Waals surface area contributed by atoms with Crippen LogP contribution in [0.1, 0.15) is 48.0 Å². The number of hydrogen-bond acceptors (Lipinski definition) is 5. The van der Waals surface area contributed by atoms with Gasteiger partial charge < -0.3 is 10.0 Å². The number of para-hydroxylation sites is 1. The lowest BCUT2D eigenvalue weighted by atomic mass is 9.81. The maximum atomic E-state index is 13.1. The highest BCUT2D eigenvalue weighted by Crippen LogP contribution is 2.43. The van der Waals surface area contributed by atoms with Crippen LogP contribution < -0.4 is 9.80 Å². The minimum absolute atomic E-state index is 0.204. The molecule has 0 spiro atoms. The van der Waals surface area contributed by atoms with Crippen molar-refractivity contribution in [1.82, 2.24) is 0 Å². The highest BCUT2D eigenvalue weighted by molar-refractivity contribution is 6.22. The number of nitrogens with zero attached hydrogens (tertiary/aromatic N) is 2. The van der Waals surface area contributed by atoms with Gasteiger partial charge in [-0.25, -0.2) is 0 Å². The molecule has 0 aromatic heterocycles. The largest absolute Gasteiger partial charge is 0.375 e. The standard InChI is InChI=1S/C25H24N2O5/c1-26-20-12-5-4-11-19(20)25(32,24(26)31)14-21(28)15-7-6-8-16(13-15)27-22(29)17-9-2-3-10-18(17)23(27)30/h4-8,11-13,17-18,32H,2-3,9-10,14H2,1H3/t17-,18-,25-/m0/s1. The number of imide groups is 1. The molecule has 2 aliphatic heterocycles. The first-order chi connectivity index (χ1) is 15.3. The minimum Gasteiger partial charge on any atom is -0.375 e. The predicted octanol–water partition coefficient (Wildman–Crippen LogP) is 2.80. The molecule has 2 fully saturated rings. The van der Waals surface area contributed by atoms with Gasteiger partial charge >= 0.3 is 0 Å². The van der Waals surface area contributed by atoms with Gasteiger partial charge in [-0.1, -0.05) is 43.2 Å². The molecule has 1 saturated heterocycles. The molecule has 3 amide bonds. The van der Waals surface area contributed by atoms with E-state index in [9.17, 15) is 24.3 Å². The number of aliphatic hydroxyl groups is 1. The number of rotatable bonds is 4. The molecule has 0 bridgehead atoms. The van der Waals surface area contributed by atoms with Gasteiger partial charge in [0.15, 0.2) is 11.4 Å². The first-order valence-electron chi connectivity index (χ1n) is 10.9. The number of anilines is 2. The Kier molecular flexibility index (Phi) is 4.74. The first-order valence-corrected chi connectivity index (χ1v) is 10.9. The van der Waals surface area contributed by atoms with Gasteiger partial charge in [-0.05, 0) is 31.0 Å². The van der Waals surface area contributed by atoms with Crippen molar-refractivity contribution in [1.29, 1.82) is 0 Å². The molecular formula is C25H24N2O5. The highest BCUT2D eigenvalue weighted by atomic mass is 16.3. The second-order valence-corrected chi connectivity index (χ2v) is 8.90. The zero-order valence-electron chi connectivity index (χ0n) is 17.8. The van der Waals surface area contributed by atoms with E-state index >= 15 is 0 Å². The molecule has 1 N–H and O–H groups in total. The maximum Gasteiger partial charge on any atom is 0.263 e. The molecule has 2 aromatic rings. The minimum atomic E-state index is -1.95. The number of Topliss-reactive ketones (excluding diaryl/α,β-unsaturated/α-hetero) is 1. The summed E-state index contributed by atoms with van der Waals surface area (Å²) >= 11 is 0. The van der Waals surface area contributed by atoms with Gasteiger partial charge in [0, 0.05) is 18.2 Å². The Morgan fingerprint density at radius 1 is 1.00 bits per heavy atom. The molecular weight excluding hydrogens is 408 g/mol. The number of likely N-dealkylation sites (N-methyl/N-ethyl adjacent to an activating group) is 1. The van der Waals surface area contributed by atoms with Crippen LogP contribution in [0, 0.1) is 11.8 Å². The zero-order chi connectivity index (χ0) is 22.6. The van der Waals surface area contributed by atoms with Crippen LogP contribution in [-0.4, -0.2) is 35.7 Å². The fourth-order valence-electron chi connectivity index (χ4n) is 5.36. The smallest absolute Gasteiger partial charge is 0.263 e. The summed E-state index contributed by atoms with van der Waals surface area (Å²) in [6.45, 7) is 0. The van der Waals surface area contributed by atoms with Crippen LogP contribution in [0.15, 0.2) is 48.5 Å². The van der Waals surface area contributed by atoms with Gasteiger partial charge in [0.1, 0.15) is 0 Å². The van der Waals surface area contributed by atoms with Gasteiger partial charge in [0.05, 0.1) is 29.6 Å². The Balaban J connectivity index is 1.43. The molecule has 32 heavy (non-hydrogen) atoms. The van der Waals surface area contributed by atoms with Crippen molar-refractivity contribution < 1.29 is 24.3 Å². The van der Waals surface area contributed by atoms with Crippen molar-refractivity contribution in [3.63, 3.8) is 0 Å². The van der Waals surface area contributed by atoms with Crippen LogP contribution >= 0.6 is 0 Å². The number of benzene rings is 2. The summed E-state index contributed by atoms with van der Waals surface area (Å²) in [7, 11) is 1.56. The van der Waals surface area contributed by atoms with E-state index in [-0.39, 0.29) is 29.2 Å². The van der Waals surface area contributed by atoms with E-state index in [4.69, 9.17) is 0 Å². The number of amides is 3. The Morgan fingerprint density at radius 2 is 1.66 bits per heavy atom. The average molecular weight is 432 g/mol. The Hall–Kier alpha value is -3.32. The molecule has 3 atom stereocenters. The van der Waals surface area contributed by atoms with Crippen LogP contribution in [0.5, 0.6) is 0 Å². The lowest BCUT2D eigenvalue weighted by molar-refractivity contribution is -0.135. The maximum absolute atomic E-state index is 13.1. The topological polar surface area (TPSA) is 95.0 Å². The monoisotopic (exact) mass is 432 g/mol. The highest BCUT2D eigenvalue weighted by Gasteiger charge is 2.50. The SMILES string of the molecule is CN1C(=O)[C@](O)(CC(=O)c2cccc(N3C(=O)[C@H]4CCCC[C@@H]4C3=O)c2)c2ccccc21. The van der Waals surface area contributed by atoms with Crippen molar-refractivity contribution in [3.8, 4) is 0 Å². The van der Waals surface area contributed by atoms with E-state index in [0.29, 0.717) is 29.8 Å². The van der Waals surface area contributed by atoms with E-state index in [2.05, 4.69) is 0 Å². The van der Waals surface area contributed by atoms with E-state index in [1.165, 1.54) is 15.9 Å². The second-order valence-electron chi connectivity index (χ2n) is 8.90. The van der Waals surface area contributed by atoms with Gasteiger partial charge in [-0.15, -0.1) is 0 Å².